The lowest BCUT2D eigenvalue weighted by molar-refractivity contribution is -0.384. The normalized spacial score (nSPS) is 10.8. The lowest BCUT2D eigenvalue weighted by Crippen LogP contribution is -2.13. The van der Waals surface area contributed by atoms with E-state index in [9.17, 15) is 25.3 Å². The van der Waals surface area contributed by atoms with Gasteiger partial charge in [0.05, 0.1) is 35.4 Å². The summed E-state index contributed by atoms with van der Waals surface area (Å²) in [6, 6.07) is 7.98. The number of nitro benzene ring substituents is 1. The predicted molar refractivity (Wildman–Crippen MR) is 106 cm³/mol. The lowest BCUT2D eigenvalue weighted by Gasteiger charge is -2.12. The van der Waals surface area contributed by atoms with Gasteiger partial charge in [0.1, 0.15) is 17.4 Å². The molecule has 0 aliphatic carbocycles. The van der Waals surface area contributed by atoms with E-state index in [1.165, 1.54) is 19.3 Å². The first-order valence-corrected chi connectivity index (χ1v) is 8.59. The third-order valence-corrected chi connectivity index (χ3v) is 3.94. The monoisotopic (exact) mass is 417 g/mol. The summed E-state index contributed by atoms with van der Waals surface area (Å²) in [6.07, 6.45) is 1.28. The molecule has 0 atom stereocenters. The molecule has 2 aromatic carbocycles. The quantitative estimate of drug-likeness (QED) is 0.229. The van der Waals surface area contributed by atoms with Crippen molar-refractivity contribution in [1.29, 1.82) is 5.26 Å². The third kappa shape index (κ3) is 5.15. The number of benzene rings is 2. The first-order valence-electron chi connectivity index (χ1n) is 8.21. The molecule has 0 unspecified atom stereocenters. The number of nitrogens with zero attached hydrogens (tertiary/aromatic N) is 2. The number of carbonyl (C=O) groups excluding carboxylic acids is 1. The fourth-order valence-electron chi connectivity index (χ4n) is 2.35. The molecule has 0 radical (unpaired) electrons. The van der Waals surface area contributed by atoms with Crippen LogP contribution < -0.4 is 14.8 Å². The summed E-state index contributed by atoms with van der Waals surface area (Å²) in [5.41, 5.74) is -0.295. The fraction of sp³-hybridized carbons (Fsp3) is 0.158. The minimum Gasteiger partial charge on any atom is -0.506 e. The number of nitriles is 1. The van der Waals surface area contributed by atoms with Crippen LogP contribution in [0.5, 0.6) is 17.2 Å². The molecule has 0 aliphatic heterocycles. The molecule has 0 heterocycles. The highest BCUT2D eigenvalue weighted by Crippen LogP contribution is 2.37. The maximum Gasteiger partial charge on any atom is 0.273 e. The first kappa shape index (κ1) is 21.5. The van der Waals surface area contributed by atoms with Gasteiger partial charge in [0.15, 0.2) is 11.5 Å². The molecule has 150 valence electrons. The average molecular weight is 418 g/mol. The zero-order valence-corrected chi connectivity index (χ0v) is 16.2. The topological polar surface area (TPSA) is 135 Å². The number of phenolic OH excluding ortho intramolecular Hbond substituents is 1. The van der Waals surface area contributed by atoms with Gasteiger partial charge in [-0.3, -0.25) is 14.9 Å². The number of nitro groups is 1. The number of ether oxygens (including phenoxy) is 2. The molecular weight excluding hydrogens is 402 g/mol. The van der Waals surface area contributed by atoms with E-state index in [-0.39, 0.29) is 22.0 Å². The molecule has 0 saturated carbocycles. The number of hydrogen-bond acceptors (Lipinski definition) is 7. The van der Waals surface area contributed by atoms with Gasteiger partial charge in [-0.25, -0.2) is 0 Å². The van der Waals surface area contributed by atoms with E-state index in [2.05, 4.69) is 5.32 Å². The zero-order chi connectivity index (χ0) is 21.6. The number of amides is 1. The predicted octanol–water partition coefficient (Wildman–Crippen LogP) is 3.91. The number of hydrogen-bond donors (Lipinski definition) is 2. The van der Waals surface area contributed by atoms with Crippen molar-refractivity contribution in [3.05, 3.63) is 56.6 Å². The Hall–Kier alpha value is -3.77. The summed E-state index contributed by atoms with van der Waals surface area (Å²) in [4.78, 5) is 22.4. The number of carbonyl (C=O) groups is 1. The number of anilines is 1. The number of nitrogens with one attached hydrogen (secondary N) is 1. The van der Waals surface area contributed by atoms with Crippen LogP contribution in [0.25, 0.3) is 6.08 Å². The molecule has 0 spiro atoms. The van der Waals surface area contributed by atoms with Crippen LogP contribution >= 0.6 is 11.6 Å². The van der Waals surface area contributed by atoms with E-state index in [0.29, 0.717) is 23.7 Å². The lowest BCUT2D eigenvalue weighted by atomic mass is 10.1. The Morgan fingerprint density at radius 3 is 2.69 bits per heavy atom. The molecule has 2 aromatic rings. The number of phenols is 1. The number of aromatic hydroxyl groups is 1. The molecule has 0 saturated heterocycles. The number of halogens is 1. The van der Waals surface area contributed by atoms with Crippen molar-refractivity contribution in [2.75, 3.05) is 19.0 Å². The van der Waals surface area contributed by atoms with Gasteiger partial charge in [-0.15, -0.1) is 0 Å². The molecular formula is C19H16ClN3O6. The van der Waals surface area contributed by atoms with E-state index in [1.807, 2.05) is 0 Å². The molecule has 2 N–H and O–H groups in total. The van der Waals surface area contributed by atoms with Gasteiger partial charge in [0.25, 0.3) is 11.6 Å². The van der Waals surface area contributed by atoms with Crippen LogP contribution in [0.4, 0.5) is 11.4 Å². The van der Waals surface area contributed by atoms with Gasteiger partial charge in [0.2, 0.25) is 0 Å². The Morgan fingerprint density at radius 1 is 1.41 bits per heavy atom. The van der Waals surface area contributed by atoms with E-state index in [0.717, 1.165) is 18.2 Å². The van der Waals surface area contributed by atoms with Gasteiger partial charge in [-0.2, -0.15) is 5.26 Å². The van der Waals surface area contributed by atoms with E-state index >= 15 is 0 Å². The van der Waals surface area contributed by atoms with Crippen molar-refractivity contribution in [2.24, 2.45) is 0 Å². The molecule has 29 heavy (non-hydrogen) atoms. The summed E-state index contributed by atoms with van der Waals surface area (Å²) >= 11 is 6.18. The second-order valence-corrected chi connectivity index (χ2v) is 5.96. The number of rotatable bonds is 7. The SMILES string of the molecule is CCOc1c(Cl)cc(C=C(C#N)C(=O)Nc2ccc([N+](=O)[O-])cc2O)cc1OC. The largest absolute Gasteiger partial charge is 0.506 e. The van der Waals surface area contributed by atoms with Crippen molar-refractivity contribution in [1.82, 2.24) is 0 Å². The maximum atomic E-state index is 12.4. The number of non-ortho nitro benzene ring substituents is 1. The molecule has 10 heteroatoms. The molecule has 2 rings (SSSR count). The third-order valence-electron chi connectivity index (χ3n) is 3.66. The van der Waals surface area contributed by atoms with E-state index < -0.39 is 16.6 Å². The van der Waals surface area contributed by atoms with Crippen molar-refractivity contribution in [3.8, 4) is 23.3 Å². The van der Waals surface area contributed by atoms with Crippen molar-refractivity contribution >= 4 is 35.0 Å². The molecule has 1 amide bonds. The van der Waals surface area contributed by atoms with Crippen molar-refractivity contribution in [3.63, 3.8) is 0 Å². The Bertz CT molecular complexity index is 1030. The van der Waals surface area contributed by atoms with Crippen LogP contribution in [0.1, 0.15) is 12.5 Å². The van der Waals surface area contributed by atoms with Gasteiger partial charge in [0, 0.05) is 6.07 Å². The Kier molecular flexibility index (Phi) is 7.00. The van der Waals surface area contributed by atoms with Crippen LogP contribution in [0.3, 0.4) is 0 Å². The molecule has 0 bridgehead atoms. The summed E-state index contributed by atoms with van der Waals surface area (Å²) < 4.78 is 10.6. The number of methoxy groups -OCH3 is 1. The summed E-state index contributed by atoms with van der Waals surface area (Å²) in [7, 11) is 1.43. The Morgan fingerprint density at radius 2 is 2.14 bits per heavy atom. The zero-order valence-electron chi connectivity index (χ0n) is 15.4. The Labute approximate surface area is 170 Å². The first-order chi connectivity index (χ1) is 13.8. The van der Waals surface area contributed by atoms with Crippen LogP contribution in [0, 0.1) is 21.4 Å². The van der Waals surface area contributed by atoms with Gasteiger partial charge in [-0.05, 0) is 36.8 Å². The van der Waals surface area contributed by atoms with Crippen molar-refractivity contribution < 1.29 is 24.3 Å². The Balaban J connectivity index is 2.32. The van der Waals surface area contributed by atoms with Gasteiger partial charge in [-0.1, -0.05) is 11.6 Å². The molecule has 0 aromatic heterocycles. The van der Waals surface area contributed by atoms with E-state index in [1.54, 1.807) is 19.1 Å². The summed E-state index contributed by atoms with van der Waals surface area (Å²) in [5.74, 6) is -0.653. The molecule has 9 nitrogen and oxygen atoms in total. The smallest absolute Gasteiger partial charge is 0.273 e. The van der Waals surface area contributed by atoms with Crippen LogP contribution in [0.15, 0.2) is 35.9 Å². The maximum absolute atomic E-state index is 12.4. The van der Waals surface area contributed by atoms with Crippen LogP contribution in [0.2, 0.25) is 5.02 Å². The summed E-state index contributed by atoms with van der Waals surface area (Å²) in [6.45, 7) is 2.16. The van der Waals surface area contributed by atoms with Crippen LogP contribution in [-0.4, -0.2) is 29.7 Å². The minimum absolute atomic E-state index is 0.0796. The average Bonchev–Trinajstić information content (AvgIpc) is 2.69. The van der Waals surface area contributed by atoms with Gasteiger partial charge < -0.3 is 19.9 Å². The summed E-state index contributed by atoms with van der Waals surface area (Å²) in [5, 5.41) is 32.5. The highest BCUT2D eigenvalue weighted by Gasteiger charge is 2.16. The highest BCUT2D eigenvalue weighted by molar-refractivity contribution is 6.32. The van der Waals surface area contributed by atoms with Gasteiger partial charge >= 0.3 is 0 Å². The second kappa shape index (κ2) is 9.43. The highest BCUT2D eigenvalue weighted by atomic mass is 35.5. The molecule has 0 aliphatic rings. The molecule has 0 fully saturated rings. The standard InChI is InChI=1S/C19H16ClN3O6/c1-3-29-18-14(20)7-11(8-17(18)28-2)6-12(10-21)19(25)22-15-5-4-13(23(26)27)9-16(15)24/h4-9,24H,3H2,1-2H3,(H,22,25). The fourth-order valence-corrected chi connectivity index (χ4v) is 2.63. The van der Waals surface area contributed by atoms with Crippen LogP contribution in [-0.2, 0) is 4.79 Å². The van der Waals surface area contributed by atoms with E-state index in [4.69, 9.17) is 21.1 Å². The minimum atomic E-state index is -0.819. The van der Waals surface area contributed by atoms with Crippen molar-refractivity contribution in [2.45, 2.75) is 6.92 Å². The second-order valence-electron chi connectivity index (χ2n) is 5.55.